The molecule has 0 radical (unpaired) electrons. The van der Waals surface area contributed by atoms with Crippen molar-refractivity contribution in [3.63, 3.8) is 0 Å². The molecule has 3 aliphatic rings. The van der Waals surface area contributed by atoms with Crippen molar-refractivity contribution < 1.29 is 14.2 Å². The summed E-state index contributed by atoms with van der Waals surface area (Å²) in [6.07, 6.45) is 4.89. The summed E-state index contributed by atoms with van der Waals surface area (Å²) < 4.78 is 20.9. The highest BCUT2D eigenvalue weighted by Crippen LogP contribution is 2.30. The van der Waals surface area contributed by atoms with Gasteiger partial charge in [0, 0.05) is 43.8 Å². The van der Waals surface area contributed by atoms with Crippen LogP contribution in [0.25, 0.3) is 11.5 Å². The summed E-state index contributed by atoms with van der Waals surface area (Å²) in [5.41, 5.74) is 4.10. The van der Waals surface area contributed by atoms with E-state index in [1.165, 1.54) is 5.69 Å². The lowest BCUT2D eigenvalue weighted by Gasteiger charge is -2.29. The maximum absolute atomic E-state index is 5.86. The van der Waals surface area contributed by atoms with Crippen LogP contribution in [0.15, 0.2) is 18.3 Å². The molecule has 0 aliphatic carbocycles. The molecule has 0 bridgehead atoms. The Labute approximate surface area is 168 Å². The zero-order valence-electron chi connectivity index (χ0n) is 16.3. The molecule has 0 saturated carbocycles. The predicted octanol–water partition coefficient (Wildman–Crippen LogP) is 1.68. The smallest absolute Gasteiger partial charge is 0.160 e. The summed E-state index contributed by atoms with van der Waals surface area (Å²) in [4.78, 5) is 7.23. The third-order valence-electron chi connectivity index (χ3n) is 5.92. The third kappa shape index (κ3) is 3.00. The van der Waals surface area contributed by atoms with Crippen LogP contribution in [0.2, 0.25) is 0 Å². The predicted molar refractivity (Wildman–Crippen MR) is 104 cm³/mol. The third-order valence-corrected chi connectivity index (χ3v) is 5.92. The van der Waals surface area contributed by atoms with Gasteiger partial charge in [-0.3, -0.25) is 0 Å². The standard InChI is InChI=1S/C20H24N6O3/c1-2-17(29-6-1)15-10-18-22-19(25-16-3-7-28-13-14(16)12-21-25)11-20(26(18)23-15)24-4-8-27-9-5-24/h10-12,17H,1-9,13H2. The zero-order chi connectivity index (χ0) is 19.2. The molecule has 2 fully saturated rings. The number of ether oxygens (including phenoxy) is 3. The minimum absolute atomic E-state index is 0.0623. The van der Waals surface area contributed by atoms with Crippen LogP contribution < -0.4 is 4.90 Å². The van der Waals surface area contributed by atoms with E-state index >= 15 is 0 Å². The summed E-state index contributed by atoms with van der Waals surface area (Å²) in [6.45, 7) is 5.23. The Bertz CT molecular complexity index is 1030. The van der Waals surface area contributed by atoms with E-state index in [0.29, 0.717) is 26.4 Å². The quantitative estimate of drug-likeness (QED) is 0.666. The highest BCUT2D eigenvalue weighted by molar-refractivity contribution is 5.56. The monoisotopic (exact) mass is 396 g/mol. The van der Waals surface area contributed by atoms with E-state index in [4.69, 9.17) is 24.3 Å². The molecule has 1 unspecified atom stereocenters. The zero-order valence-corrected chi connectivity index (χ0v) is 16.3. The first kappa shape index (κ1) is 17.4. The second-order valence-electron chi connectivity index (χ2n) is 7.74. The number of hydrogen-bond donors (Lipinski definition) is 0. The van der Waals surface area contributed by atoms with Gasteiger partial charge in [-0.15, -0.1) is 0 Å². The topological polar surface area (TPSA) is 78.9 Å². The molecule has 3 aromatic rings. The Kier molecular flexibility index (Phi) is 4.24. The van der Waals surface area contributed by atoms with E-state index in [1.807, 2.05) is 15.4 Å². The van der Waals surface area contributed by atoms with Crippen molar-refractivity contribution in [3.05, 3.63) is 35.3 Å². The molecule has 29 heavy (non-hydrogen) atoms. The summed E-state index contributed by atoms with van der Waals surface area (Å²) in [7, 11) is 0. The number of fused-ring (bicyclic) bond motifs is 2. The Morgan fingerprint density at radius 2 is 1.97 bits per heavy atom. The number of hydrogen-bond acceptors (Lipinski definition) is 7. The molecule has 1 atom stereocenters. The number of rotatable bonds is 3. The average Bonchev–Trinajstić information content (AvgIpc) is 3.52. The number of nitrogens with zero attached hydrogens (tertiary/aromatic N) is 6. The lowest BCUT2D eigenvalue weighted by Crippen LogP contribution is -2.37. The minimum Gasteiger partial charge on any atom is -0.378 e. The van der Waals surface area contributed by atoms with Crippen molar-refractivity contribution in [1.82, 2.24) is 24.4 Å². The van der Waals surface area contributed by atoms with E-state index in [1.54, 1.807) is 0 Å². The van der Waals surface area contributed by atoms with E-state index in [9.17, 15) is 0 Å². The van der Waals surface area contributed by atoms with Gasteiger partial charge in [0.1, 0.15) is 11.9 Å². The van der Waals surface area contributed by atoms with E-state index < -0.39 is 0 Å². The summed E-state index contributed by atoms with van der Waals surface area (Å²) in [5, 5.41) is 9.50. The molecule has 152 valence electrons. The van der Waals surface area contributed by atoms with Crippen LogP contribution in [0.3, 0.4) is 0 Å². The van der Waals surface area contributed by atoms with E-state index in [2.05, 4.69) is 22.1 Å². The molecule has 6 rings (SSSR count). The molecule has 9 heteroatoms. The van der Waals surface area contributed by atoms with Crippen molar-refractivity contribution in [1.29, 1.82) is 0 Å². The molecule has 6 heterocycles. The van der Waals surface area contributed by atoms with E-state index in [0.717, 1.165) is 67.5 Å². The molecule has 0 N–H and O–H groups in total. The van der Waals surface area contributed by atoms with Gasteiger partial charge in [0.2, 0.25) is 0 Å². The fraction of sp³-hybridized carbons (Fsp3) is 0.550. The maximum atomic E-state index is 5.86. The summed E-state index contributed by atoms with van der Waals surface area (Å²) in [6, 6.07) is 4.15. The van der Waals surface area contributed by atoms with Crippen LogP contribution in [0.5, 0.6) is 0 Å². The van der Waals surface area contributed by atoms with Crippen LogP contribution in [0.4, 0.5) is 5.82 Å². The highest BCUT2D eigenvalue weighted by atomic mass is 16.5. The Morgan fingerprint density at radius 3 is 2.83 bits per heavy atom. The van der Waals surface area contributed by atoms with Gasteiger partial charge in [0.15, 0.2) is 11.5 Å². The second-order valence-corrected chi connectivity index (χ2v) is 7.74. The molecule has 2 saturated heterocycles. The first-order chi connectivity index (χ1) is 14.4. The first-order valence-electron chi connectivity index (χ1n) is 10.4. The van der Waals surface area contributed by atoms with Crippen molar-refractivity contribution in [2.24, 2.45) is 0 Å². The van der Waals surface area contributed by atoms with Gasteiger partial charge < -0.3 is 19.1 Å². The highest BCUT2D eigenvalue weighted by Gasteiger charge is 2.25. The van der Waals surface area contributed by atoms with E-state index in [-0.39, 0.29) is 6.10 Å². The number of morpholine rings is 1. The van der Waals surface area contributed by atoms with Gasteiger partial charge in [0.05, 0.1) is 44.0 Å². The summed E-state index contributed by atoms with van der Waals surface area (Å²) >= 11 is 0. The van der Waals surface area contributed by atoms with Crippen LogP contribution in [-0.2, 0) is 27.2 Å². The maximum Gasteiger partial charge on any atom is 0.160 e. The molecule has 0 spiro atoms. The van der Waals surface area contributed by atoms with Gasteiger partial charge in [0.25, 0.3) is 0 Å². The number of aromatic nitrogens is 5. The Balaban J connectivity index is 1.49. The molecular weight excluding hydrogens is 372 g/mol. The van der Waals surface area contributed by atoms with Crippen LogP contribution in [-0.4, -0.2) is 63.9 Å². The van der Waals surface area contributed by atoms with Gasteiger partial charge in [-0.25, -0.2) is 9.67 Å². The average molecular weight is 396 g/mol. The summed E-state index contributed by atoms with van der Waals surface area (Å²) in [5.74, 6) is 1.84. The molecule has 3 aliphatic heterocycles. The fourth-order valence-electron chi connectivity index (χ4n) is 4.40. The Morgan fingerprint density at radius 1 is 1.03 bits per heavy atom. The van der Waals surface area contributed by atoms with Gasteiger partial charge >= 0.3 is 0 Å². The Hall–Kier alpha value is -2.49. The van der Waals surface area contributed by atoms with Crippen molar-refractivity contribution >= 4 is 11.5 Å². The van der Waals surface area contributed by atoms with Gasteiger partial charge in [-0.05, 0) is 12.8 Å². The molecule has 0 amide bonds. The fourth-order valence-corrected chi connectivity index (χ4v) is 4.40. The van der Waals surface area contributed by atoms with Crippen LogP contribution >= 0.6 is 0 Å². The SMILES string of the molecule is c1nn(-c2cc(N3CCOCC3)n3nc(C4CCCO4)cc3n2)c2c1COCC2. The lowest BCUT2D eigenvalue weighted by molar-refractivity contribution is 0.108. The normalized spacial score (nSPS) is 22.3. The lowest BCUT2D eigenvalue weighted by atomic mass is 10.2. The van der Waals surface area contributed by atoms with Crippen molar-refractivity contribution in [3.8, 4) is 5.82 Å². The molecule has 0 aromatic carbocycles. The van der Waals surface area contributed by atoms with Crippen molar-refractivity contribution in [2.75, 3.05) is 44.4 Å². The molecule has 3 aromatic heterocycles. The minimum atomic E-state index is 0.0623. The molecule has 9 nitrogen and oxygen atoms in total. The number of anilines is 1. The second kappa shape index (κ2) is 7.08. The van der Waals surface area contributed by atoms with Gasteiger partial charge in [-0.1, -0.05) is 0 Å². The van der Waals surface area contributed by atoms with Crippen molar-refractivity contribution in [2.45, 2.75) is 32.0 Å². The first-order valence-corrected chi connectivity index (χ1v) is 10.4. The molecular formula is C20H24N6O3. The van der Waals surface area contributed by atoms with Crippen LogP contribution in [0.1, 0.15) is 35.9 Å². The van der Waals surface area contributed by atoms with Crippen LogP contribution in [0, 0.1) is 0 Å². The van der Waals surface area contributed by atoms with Gasteiger partial charge in [-0.2, -0.15) is 14.7 Å². The largest absolute Gasteiger partial charge is 0.378 e.